The van der Waals surface area contributed by atoms with E-state index < -0.39 is 0 Å². The van der Waals surface area contributed by atoms with E-state index in [2.05, 4.69) is 22.7 Å². The van der Waals surface area contributed by atoms with Crippen molar-refractivity contribution in [3.8, 4) is 0 Å². The molecule has 0 saturated carbocycles. The second-order valence-electron chi connectivity index (χ2n) is 4.27. The standard InChI is InChI=1S/C13H21ClN4O2/c1-2-3-6-20-7-4-5-16-13(19)10-8-11(14)12(18-15)17-9-10/h8-9H,2-7,15H2,1H3,(H,16,19)(H,17,18). The normalized spacial score (nSPS) is 10.3. The number of anilines is 1. The van der Waals surface area contributed by atoms with E-state index in [1.165, 1.54) is 12.3 Å². The molecule has 0 aliphatic rings. The minimum Gasteiger partial charge on any atom is -0.381 e. The molecular formula is C13H21ClN4O2. The van der Waals surface area contributed by atoms with Crippen molar-refractivity contribution < 1.29 is 9.53 Å². The lowest BCUT2D eigenvalue weighted by molar-refractivity contribution is 0.0940. The first-order valence-electron chi connectivity index (χ1n) is 6.67. The third-order valence-corrected chi connectivity index (χ3v) is 2.92. The fourth-order valence-corrected chi connectivity index (χ4v) is 1.72. The number of hydrazine groups is 1. The number of carbonyl (C=O) groups is 1. The van der Waals surface area contributed by atoms with Crippen LogP contribution >= 0.6 is 11.6 Å². The number of hydrogen-bond acceptors (Lipinski definition) is 5. The Balaban J connectivity index is 2.27. The second-order valence-corrected chi connectivity index (χ2v) is 4.68. The molecular weight excluding hydrogens is 280 g/mol. The molecule has 4 N–H and O–H groups in total. The number of amides is 1. The third-order valence-electron chi connectivity index (χ3n) is 2.63. The number of halogens is 1. The van der Waals surface area contributed by atoms with Gasteiger partial charge >= 0.3 is 0 Å². The summed E-state index contributed by atoms with van der Waals surface area (Å²) in [7, 11) is 0. The number of nitrogens with zero attached hydrogens (tertiary/aromatic N) is 1. The fourth-order valence-electron chi connectivity index (χ4n) is 1.49. The molecule has 1 heterocycles. The monoisotopic (exact) mass is 300 g/mol. The molecule has 20 heavy (non-hydrogen) atoms. The Labute approximate surface area is 124 Å². The molecule has 112 valence electrons. The van der Waals surface area contributed by atoms with Crippen LogP contribution in [0.25, 0.3) is 0 Å². The second kappa shape index (κ2) is 9.52. The minimum absolute atomic E-state index is 0.212. The Bertz CT molecular complexity index is 429. The maximum absolute atomic E-state index is 11.8. The number of nitrogen functional groups attached to an aromatic ring is 1. The summed E-state index contributed by atoms with van der Waals surface area (Å²) in [5.41, 5.74) is 2.75. The van der Waals surface area contributed by atoms with Crippen LogP contribution in [0.2, 0.25) is 5.02 Å². The minimum atomic E-state index is -0.212. The third kappa shape index (κ3) is 5.73. The molecule has 1 aromatic rings. The highest BCUT2D eigenvalue weighted by molar-refractivity contribution is 6.33. The maximum Gasteiger partial charge on any atom is 0.252 e. The lowest BCUT2D eigenvalue weighted by Crippen LogP contribution is -2.25. The number of nitrogens with two attached hydrogens (primary N) is 1. The first-order valence-corrected chi connectivity index (χ1v) is 7.05. The van der Waals surface area contributed by atoms with Gasteiger partial charge in [-0.25, -0.2) is 10.8 Å². The van der Waals surface area contributed by atoms with Crippen molar-refractivity contribution in [2.24, 2.45) is 5.84 Å². The molecule has 1 aromatic heterocycles. The van der Waals surface area contributed by atoms with Gasteiger partial charge in [0.2, 0.25) is 0 Å². The smallest absolute Gasteiger partial charge is 0.252 e. The molecule has 0 aliphatic carbocycles. The molecule has 6 nitrogen and oxygen atoms in total. The molecule has 0 atom stereocenters. The van der Waals surface area contributed by atoms with Gasteiger partial charge in [0.05, 0.1) is 10.6 Å². The highest BCUT2D eigenvalue weighted by Crippen LogP contribution is 2.18. The number of aromatic nitrogens is 1. The summed E-state index contributed by atoms with van der Waals surface area (Å²) >= 11 is 5.90. The molecule has 0 radical (unpaired) electrons. The average molecular weight is 301 g/mol. The zero-order valence-corrected chi connectivity index (χ0v) is 12.4. The highest BCUT2D eigenvalue weighted by atomic mass is 35.5. The number of carbonyl (C=O) groups excluding carboxylic acids is 1. The molecule has 0 unspecified atom stereocenters. The SMILES string of the molecule is CCCCOCCCNC(=O)c1cnc(NN)c(Cl)c1. The zero-order chi connectivity index (χ0) is 14.8. The Morgan fingerprint density at radius 2 is 2.20 bits per heavy atom. The van der Waals surface area contributed by atoms with Gasteiger partial charge in [0.1, 0.15) is 0 Å². The van der Waals surface area contributed by atoms with Crippen LogP contribution in [0, 0.1) is 0 Å². The van der Waals surface area contributed by atoms with Gasteiger partial charge in [0.15, 0.2) is 5.82 Å². The van der Waals surface area contributed by atoms with Gasteiger partial charge in [0.25, 0.3) is 5.91 Å². The van der Waals surface area contributed by atoms with E-state index in [0.29, 0.717) is 29.6 Å². The molecule has 0 bridgehead atoms. The lowest BCUT2D eigenvalue weighted by Gasteiger charge is -2.07. The summed E-state index contributed by atoms with van der Waals surface area (Å²) in [5.74, 6) is 5.34. The van der Waals surface area contributed by atoms with Gasteiger partial charge in [0, 0.05) is 26.0 Å². The number of hydrogen-bond donors (Lipinski definition) is 3. The van der Waals surface area contributed by atoms with Gasteiger partial charge in [-0.15, -0.1) is 0 Å². The number of ether oxygens (including phenoxy) is 1. The summed E-state index contributed by atoms with van der Waals surface area (Å²) in [4.78, 5) is 15.8. The van der Waals surface area contributed by atoms with Crippen molar-refractivity contribution >= 4 is 23.3 Å². The Morgan fingerprint density at radius 3 is 2.85 bits per heavy atom. The first-order chi connectivity index (χ1) is 9.69. The summed E-state index contributed by atoms with van der Waals surface area (Å²) in [6.07, 6.45) is 4.39. The molecule has 0 aliphatic heterocycles. The molecule has 0 spiro atoms. The predicted octanol–water partition coefficient (Wildman–Crippen LogP) is 1.96. The highest BCUT2D eigenvalue weighted by Gasteiger charge is 2.08. The average Bonchev–Trinajstić information content (AvgIpc) is 2.46. The van der Waals surface area contributed by atoms with Gasteiger partial charge < -0.3 is 15.5 Å². The van der Waals surface area contributed by atoms with Crippen molar-refractivity contribution in [1.29, 1.82) is 0 Å². The van der Waals surface area contributed by atoms with E-state index >= 15 is 0 Å². The van der Waals surface area contributed by atoms with Crippen LogP contribution < -0.4 is 16.6 Å². The van der Waals surface area contributed by atoms with E-state index in [1.54, 1.807) is 0 Å². The van der Waals surface area contributed by atoms with E-state index in [4.69, 9.17) is 22.2 Å². The quantitative estimate of drug-likeness (QED) is 0.368. The largest absolute Gasteiger partial charge is 0.381 e. The van der Waals surface area contributed by atoms with Gasteiger partial charge in [-0.1, -0.05) is 24.9 Å². The summed E-state index contributed by atoms with van der Waals surface area (Å²) < 4.78 is 5.40. The lowest BCUT2D eigenvalue weighted by atomic mass is 10.2. The molecule has 0 aromatic carbocycles. The number of rotatable bonds is 9. The van der Waals surface area contributed by atoms with E-state index in [1.807, 2.05) is 0 Å². The van der Waals surface area contributed by atoms with E-state index in [0.717, 1.165) is 25.9 Å². The van der Waals surface area contributed by atoms with Crippen molar-refractivity contribution in [2.75, 3.05) is 25.2 Å². The van der Waals surface area contributed by atoms with E-state index in [-0.39, 0.29) is 5.91 Å². The van der Waals surface area contributed by atoms with Crippen molar-refractivity contribution in [2.45, 2.75) is 26.2 Å². The number of nitrogens with one attached hydrogen (secondary N) is 2. The Morgan fingerprint density at radius 1 is 1.45 bits per heavy atom. The van der Waals surface area contributed by atoms with Crippen LogP contribution in [0.3, 0.4) is 0 Å². The number of pyridine rings is 1. The number of unbranched alkanes of at least 4 members (excludes halogenated alkanes) is 1. The summed E-state index contributed by atoms with van der Waals surface area (Å²) in [6, 6.07) is 1.52. The molecule has 0 fully saturated rings. The van der Waals surface area contributed by atoms with Crippen LogP contribution in [0.15, 0.2) is 12.3 Å². The summed E-state index contributed by atoms with van der Waals surface area (Å²) in [6.45, 7) is 4.10. The predicted molar refractivity (Wildman–Crippen MR) is 79.7 cm³/mol. The van der Waals surface area contributed by atoms with Crippen LogP contribution in [-0.2, 0) is 4.74 Å². The Hall–Kier alpha value is -1.37. The zero-order valence-electron chi connectivity index (χ0n) is 11.6. The fraction of sp³-hybridized carbons (Fsp3) is 0.538. The first kappa shape index (κ1) is 16.7. The van der Waals surface area contributed by atoms with Crippen LogP contribution in [0.5, 0.6) is 0 Å². The van der Waals surface area contributed by atoms with Gasteiger partial charge in [-0.2, -0.15) is 0 Å². The molecule has 7 heteroatoms. The van der Waals surface area contributed by atoms with Crippen molar-refractivity contribution in [1.82, 2.24) is 10.3 Å². The van der Waals surface area contributed by atoms with E-state index in [9.17, 15) is 4.79 Å². The van der Waals surface area contributed by atoms with Crippen LogP contribution in [0.4, 0.5) is 5.82 Å². The molecule has 1 amide bonds. The summed E-state index contributed by atoms with van der Waals surface area (Å²) in [5, 5.41) is 3.09. The van der Waals surface area contributed by atoms with Crippen LogP contribution in [-0.4, -0.2) is 30.6 Å². The topological polar surface area (TPSA) is 89.3 Å². The van der Waals surface area contributed by atoms with Crippen molar-refractivity contribution in [3.05, 3.63) is 22.8 Å². The maximum atomic E-state index is 11.8. The molecule has 1 rings (SSSR count). The van der Waals surface area contributed by atoms with Crippen LogP contribution in [0.1, 0.15) is 36.5 Å². The van der Waals surface area contributed by atoms with Crippen molar-refractivity contribution in [3.63, 3.8) is 0 Å². The van der Waals surface area contributed by atoms with Gasteiger partial charge in [-0.3, -0.25) is 4.79 Å². The molecule has 0 saturated heterocycles. The van der Waals surface area contributed by atoms with Gasteiger partial charge in [-0.05, 0) is 18.9 Å². The Kier molecular flexibility index (Phi) is 7.94.